The number of nitrogen functional groups attached to an aromatic ring is 1. The molecule has 0 radical (unpaired) electrons. The normalized spacial score (nSPS) is 12.7. The van der Waals surface area contributed by atoms with E-state index < -0.39 is 5.97 Å². The lowest BCUT2D eigenvalue weighted by Gasteiger charge is -2.11. The van der Waals surface area contributed by atoms with Crippen molar-refractivity contribution in [3.05, 3.63) is 23.7 Å². The Morgan fingerprint density at radius 2 is 2.35 bits per heavy atom. The molecule has 2 rings (SSSR count). The van der Waals surface area contributed by atoms with E-state index in [1.54, 1.807) is 0 Å². The number of aryl methyl sites for hydroxylation is 1. The van der Waals surface area contributed by atoms with Gasteiger partial charge in [0.15, 0.2) is 5.82 Å². The van der Waals surface area contributed by atoms with E-state index in [1.165, 1.54) is 24.0 Å². The number of nitrogens with zero attached hydrogens (tertiary/aromatic N) is 3. The zero-order chi connectivity index (χ0) is 14.7. The van der Waals surface area contributed by atoms with Gasteiger partial charge in [0.1, 0.15) is 11.8 Å². The van der Waals surface area contributed by atoms with Crippen LogP contribution in [0.1, 0.15) is 22.5 Å². The molecule has 8 heteroatoms. The number of methoxy groups -OCH3 is 1. The summed E-state index contributed by atoms with van der Waals surface area (Å²) in [6.45, 7) is -0.0945. The first-order valence-corrected chi connectivity index (χ1v) is 6.06. The van der Waals surface area contributed by atoms with Crippen molar-refractivity contribution in [3.63, 3.8) is 0 Å². The molecule has 0 saturated carbocycles. The van der Waals surface area contributed by atoms with E-state index in [1.807, 2.05) is 0 Å². The van der Waals surface area contributed by atoms with Crippen LogP contribution < -0.4 is 5.73 Å². The van der Waals surface area contributed by atoms with Crippen molar-refractivity contribution >= 4 is 17.3 Å². The number of aromatic nitrogens is 3. The van der Waals surface area contributed by atoms with Crippen LogP contribution in [0.5, 0.6) is 0 Å². The molecule has 0 unspecified atom stereocenters. The SMILES string of the molecule is CO[C@H](CO)CCc1cc(C(=O)O)c2c(N)ncnn12. The number of aromatic carboxylic acids is 1. The number of nitrogens with two attached hydrogens (primary N) is 1. The number of hydrogen-bond acceptors (Lipinski definition) is 6. The third-order valence-corrected chi connectivity index (χ3v) is 3.15. The van der Waals surface area contributed by atoms with Crippen molar-refractivity contribution < 1.29 is 19.7 Å². The number of aliphatic hydroxyl groups excluding tert-OH is 1. The van der Waals surface area contributed by atoms with Gasteiger partial charge in [-0.05, 0) is 18.9 Å². The number of hydrogen-bond donors (Lipinski definition) is 3. The zero-order valence-corrected chi connectivity index (χ0v) is 11.0. The Morgan fingerprint density at radius 1 is 1.60 bits per heavy atom. The monoisotopic (exact) mass is 280 g/mol. The van der Waals surface area contributed by atoms with E-state index in [0.717, 1.165) is 0 Å². The number of aliphatic hydroxyl groups is 1. The largest absolute Gasteiger partial charge is 0.478 e. The van der Waals surface area contributed by atoms with Gasteiger partial charge in [0.05, 0.1) is 18.3 Å². The Morgan fingerprint density at radius 3 is 2.95 bits per heavy atom. The molecule has 20 heavy (non-hydrogen) atoms. The first-order chi connectivity index (χ1) is 9.58. The van der Waals surface area contributed by atoms with Crippen LogP contribution in [-0.2, 0) is 11.2 Å². The number of ether oxygens (including phenoxy) is 1. The maximum atomic E-state index is 11.2. The summed E-state index contributed by atoms with van der Waals surface area (Å²) >= 11 is 0. The lowest BCUT2D eigenvalue weighted by atomic mass is 10.1. The summed E-state index contributed by atoms with van der Waals surface area (Å²) in [6, 6.07) is 1.52. The highest BCUT2D eigenvalue weighted by Crippen LogP contribution is 2.21. The van der Waals surface area contributed by atoms with Crippen molar-refractivity contribution in [1.82, 2.24) is 14.6 Å². The molecule has 2 aromatic heterocycles. The Hall–Kier alpha value is -2.19. The minimum atomic E-state index is -1.08. The first kappa shape index (κ1) is 14.2. The second kappa shape index (κ2) is 5.85. The topological polar surface area (TPSA) is 123 Å². The molecule has 108 valence electrons. The molecular weight excluding hydrogens is 264 g/mol. The molecule has 0 fully saturated rings. The quantitative estimate of drug-likeness (QED) is 0.677. The van der Waals surface area contributed by atoms with Gasteiger partial charge in [-0.2, -0.15) is 5.10 Å². The number of carboxylic acid groups (broad SMARTS) is 1. The standard InChI is InChI=1S/C12H16N4O4/c1-20-8(5-17)3-2-7-4-9(12(18)19)10-11(13)14-6-15-16(7)10/h4,6,8,17H,2-3,5H2,1H3,(H,18,19)(H2,13,14,15)/t8-/m0/s1. The summed E-state index contributed by atoms with van der Waals surface area (Å²) in [4.78, 5) is 15.1. The summed E-state index contributed by atoms with van der Waals surface area (Å²) in [5, 5.41) is 22.3. The number of rotatable bonds is 6. The highest BCUT2D eigenvalue weighted by atomic mass is 16.5. The van der Waals surface area contributed by atoms with Gasteiger partial charge in [0.2, 0.25) is 0 Å². The van der Waals surface area contributed by atoms with E-state index >= 15 is 0 Å². The Kier molecular flexibility index (Phi) is 4.16. The Bertz CT molecular complexity index is 621. The highest BCUT2D eigenvalue weighted by molar-refractivity contribution is 5.99. The van der Waals surface area contributed by atoms with Crippen LogP contribution in [0.15, 0.2) is 12.4 Å². The minimum Gasteiger partial charge on any atom is -0.478 e. The smallest absolute Gasteiger partial charge is 0.338 e. The van der Waals surface area contributed by atoms with E-state index in [9.17, 15) is 9.90 Å². The fraction of sp³-hybridized carbons (Fsp3) is 0.417. The number of carbonyl (C=O) groups is 1. The molecule has 0 aliphatic heterocycles. The predicted octanol–water partition coefficient (Wildman–Crippen LogP) is -0.0504. The zero-order valence-electron chi connectivity index (χ0n) is 11.0. The van der Waals surface area contributed by atoms with Crippen molar-refractivity contribution in [2.24, 2.45) is 0 Å². The molecule has 4 N–H and O–H groups in total. The number of carboxylic acids is 1. The summed E-state index contributed by atoms with van der Waals surface area (Å²) in [5.41, 5.74) is 6.75. The molecule has 1 atom stereocenters. The third kappa shape index (κ3) is 2.56. The van der Waals surface area contributed by atoms with Gasteiger partial charge in [-0.25, -0.2) is 14.3 Å². The minimum absolute atomic E-state index is 0.0658. The van der Waals surface area contributed by atoms with Gasteiger partial charge in [0.25, 0.3) is 0 Å². The van der Waals surface area contributed by atoms with Gasteiger partial charge in [-0.3, -0.25) is 0 Å². The first-order valence-electron chi connectivity index (χ1n) is 6.06. The van der Waals surface area contributed by atoms with Gasteiger partial charge >= 0.3 is 5.97 Å². The van der Waals surface area contributed by atoms with Crippen LogP contribution in [-0.4, -0.2) is 50.6 Å². The highest BCUT2D eigenvalue weighted by Gasteiger charge is 2.19. The third-order valence-electron chi connectivity index (χ3n) is 3.15. The van der Waals surface area contributed by atoms with Crippen LogP contribution in [0.4, 0.5) is 5.82 Å². The number of anilines is 1. The Labute approximate surface area is 114 Å². The maximum Gasteiger partial charge on any atom is 0.338 e. The van der Waals surface area contributed by atoms with Crippen LogP contribution >= 0.6 is 0 Å². The molecule has 2 aromatic rings. The number of fused-ring (bicyclic) bond motifs is 1. The summed E-state index contributed by atoms with van der Waals surface area (Å²) in [6.07, 6.45) is 2.02. The van der Waals surface area contributed by atoms with Crippen molar-refractivity contribution in [3.8, 4) is 0 Å². The average molecular weight is 280 g/mol. The van der Waals surface area contributed by atoms with Crippen LogP contribution in [0.3, 0.4) is 0 Å². The second-order valence-corrected chi connectivity index (χ2v) is 4.34. The van der Waals surface area contributed by atoms with Crippen LogP contribution in [0.2, 0.25) is 0 Å². The average Bonchev–Trinajstić information content (AvgIpc) is 2.81. The second-order valence-electron chi connectivity index (χ2n) is 4.34. The van der Waals surface area contributed by atoms with Gasteiger partial charge in [-0.1, -0.05) is 0 Å². The molecule has 2 heterocycles. The van der Waals surface area contributed by atoms with Crippen LogP contribution in [0.25, 0.3) is 5.52 Å². The van der Waals surface area contributed by atoms with E-state index in [-0.39, 0.29) is 29.6 Å². The molecule has 0 aliphatic rings. The van der Waals surface area contributed by atoms with E-state index in [4.69, 9.17) is 15.6 Å². The molecule has 0 bridgehead atoms. The van der Waals surface area contributed by atoms with E-state index in [2.05, 4.69) is 10.1 Å². The molecule has 0 aromatic carbocycles. The summed E-state index contributed by atoms with van der Waals surface area (Å²) in [5.74, 6) is -0.963. The van der Waals surface area contributed by atoms with Gasteiger partial charge in [-0.15, -0.1) is 0 Å². The van der Waals surface area contributed by atoms with Crippen molar-refractivity contribution in [2.45, 2.75) is 18.9 Å². The van der Waals surface area contributed by atoms with Crippen molar-refractivity contribution in [1.29, 1.82) is 0 Å². The van der Waals surface area contributed by atoms with Gasteiger partial charge in [0, 0.05) is 12.8 Å². The fourth-order valence-electron chi connectivity index (χ4n) is 2.07. The molecule has 0 spiro atoms. The maximum absolute atomic E-state index is 11.2. The molecule has 0 aliphatic carbocycles. The molecular formula is C12H16N4O4. The molecule has 0 amide bonds. The lowest BCUT2D eigenvalue weighted by Crippen LogP contribution is -2.16. The van der Waals surface area contributed by atoms with Crippen molar-refractivity contribution in [2.75, 3.05) is 19.5 Å². The van der Waals surface area contributed by atoms with E-state index in [0.29, 0.717) is 18.5 Å². The Balaban J connectivity index is 2.39. The predicted molar refractivity (Wildman–Crippen MR) is 70.6 cm³/mol. The summed E-state index contributed by atoms with van der Waals surface area (Å²) < 4.78 is 6.55. The molecule has 0 saturated heterocycles. The lowest BCUT2D eigenvalue weighted by molar-refractivity contribution is 0.0433. The van der Waals surface area contributed by atoms with Crippen LogP contribution in [0, 0.1) is 0 Å². The molecule has 8 nitrogen and oxygen atoms in total. The fourth-order valence-corrected chi connectivity index (χ4v) is 2.07. The summed E-state index contributed by atoms with van der Waals surface area (Å²) in [7, 11) is 1.51. The van der Waals surface area contributed by atoms with Gasteiger partial charge < -0.3 is 20.7 Å².